The third-order valence-corrected chi connectivity index (χ3v) is 4.49. The van der Waals surface area contributed by atoms with E-state index in [4.69, 9.17) is 9.47 Å². The van der Waals surface area contributed by atoms with Gasteiger partial charge in [-0.1, -0.05) is 32.0 Å². The van der Waals surface area contributed by atoms with Crippen LogP contribution in [0.3, 0.4) is 0 Å². The summed E-state index contributed by atoms with van der Waals surface area (Å²) in [4.78, 5) is 9.28. The second-order valence-electron chi connectivity index (χ2n) is 7.02. The minimum Gasteiger partial charge on any atom is -0.496 e. The van der Waals surface area contributed by atoms with Crippen LogP contribution in [-0.2, 0) is 11.3 Å². The molecule has 1 heterocycles. The number of piperazine rings is 1. The number of nitrogens with zero attached hydrogens (tertiary/aromatic N) is 3. The number of aliphatic imine (C=N–C) groups is 1. The number of benzene rings is 1. The van der Waals surface area contributed by atoms with Crippen LogP contribution < -0.4 is 10.1 Å². The number of ether oxygens (including phenoxy) is 2. The lowest BCUT2D eigenvalue weighted by Gasteiger charge is -2.37. The average Bonchev–Trinajstić information content (AvgIpc) is 2.65. The smallest absolute Gasteiger partial charge is 0.193 e. The maximum Gasteiger partial charge on any atom is 0.193 e. The maximum absolute atomic E-state index is 5.78. The van der Waals surface area contributed by atoms with Gasteiger partial charge >= 0.3 is 0 Å². The van der Waals surface area contributed by atoms with Crippen molar-refractivity contribution in [3.63, 3.8) is 0 Å². The summed E-state index contributed by atoms with van der Waals surface area (Å²) in [6.07, 6.45) is 0. The molecule has 1 aromatic rings. The highest BCUT2D eigenvalue weighted by Gasteiger charge is 2.19. The Morgan fingerprint density at radius 2 is 1.92 bits per heavy atom. The van der Waals surface area contributed by atoms with Gasteiger partial charge < -0.3 is 19.7 Å². The molecule has 1 N–H and O–H groups in total. The number of guanidine groups is 1. The Kier molecular flexibility index (Phi) is 8.71. The lowest BCUT2D eigenvalue weighted by Crippen LogP contribution is -2.53. The molecule has 1 saturated heterocycles. The zero-order valence-electron chi connectivity index (χ0n) is 16.7. The molecule has 0 saturated carbocycles. The van der Waals surface area contributed by atoms with E-state index in [-0.39, 0.29) is 0 Å². The molecule has 1 aromatic carbocycles. The molecule has 0 aromatic heterocycles. The van der Waals surface area contributed by atoms with E-state index < -0.39 is 0 Å². The molecule has 2 rings (SSSR count). The van der Waals surface area contributed by atoms with Crippen molar-refractivity contribution in [2.75, 3.05) is 60.0 Å². The molecule has 0 bridgehead atoms. The Hall–Kier alpha value is -1.79. The van der Waals surface area contributed by atoms with Gasteiger partial charge in [0, 0.05) is 51.9 Å². The van der Waals surface area contributed by atoms with Crippen molar-refractivity contribution in [1.82, 2.24) is 15.1 Å². The van der Waals surface area contributed by atoms with Crippen molar-refractivity contribution < 1.29 is 9.47 Å². The van der Waals surface area contributed by atoms with Crippen molar-refractivity contribution in [2.45, 2.75) is 20.5 Å². The molecule has 6 heteroatoms. The van der Waals surface area contributed by atoms with Crippen LogP contribution in [0.25, 0.3) is 0 Å². The molecule has 0 amide bonds. The summed E-state index contributed by atoms with van der Waals surface area (Å²) in [7, 11) is 3.53. The van der Waals surface area contributed by atoms with Gasteiger partial charge in [-0.25, -0.2) is 0 Å². The molecular formula is C20H34N4O2. The first-order valence-corrected chi connectivity index (χ1v) is 9.51. The van der Waals surface area contributed by atoms with Gasteiger partial charge in [0.1, 0.15) is 5.75 Å². The van der Waals surface area contributed by atoms with Gasteiger partial charge in [0.2, 0.25) is 0 Å². The first kappa shape index (κ1) is 20.5. The molecule has 0 atom stereocenters. The molecule has 0 unspecified atom stereocenters. The highest BCUT2D eigenvalue weighted by atomic mass is 16.5. The SMILES string of the molecule is CN=C(NCCOCc1ccccc1OC)N1CCN(CC(C)C)CC1. The second-order valence-corrected chi connectivity index (χ2v) is 7.02. The normalized spacial score (nSPS) is 16.2. The molecule has 26 heavy (non-hydrogen) atoms. The Morgan fingerprint density at radius 3 is 2.58 bits per heavy atom. The standard InChI is InChI=1S/C20H34N4O2/c1-17(2)15-23-10-12-24(13-11-23)20(21-3)22-9-14-26-16-18-7-5-6-8-19(18)25-4/h5-8,17H,9-16H2,1-4H3,(H,21,22). The monoisotopic (exact) mass is 362 g/mol. The summed E-state index contributed by atoms with van der Waals surface area (Å²) >= 11 is 0. The van der Waals surface area contributed by atoms with E-state index in [0.717, 1.165) is 55.9 Å². The zero-order chi connectivity index (χ0) is 18.8. The Bertz CT molecular complexity index is 554. The Balaban J connectivity index is 1.66. The number of nitrogens with one attached hydrogen (secondary N) is 1. The predicted octanol–water partition coefficient (Wildman–Crippen LogP) is 2.06. The van der Waals surface area contributed by atoms with Gasteiger partial charge in [-0.05, 0) is 12.0 Å². The van der Waals surface area contributed by atoms with Crippen LogP contribution in [0, 0.1) is 5.92 Å². The zero-order valence-corrected chi connectivity index (χ0v) is 16.7. The first-order valence-electron chi connectivity index (χ1n) is 9.51. The quantitative estimate of drug-likeness (QED) is 0.436. The minimum absolute atomic E-state index is 0.554. The molecule has 1 aliphatic rings. The molecule has 0 spiro atoms. The van der Waals surface area contributed by atoms with E-state index in [1.54, 1.807) is 7.11 Å². The number of rotatable bonds is 8. The van der Waals surface area contributed by atoms with Crippen LogP contribution in [0.5, 0.6) is 5.75 Å². The number of methoxy groups -OCH3 is 1. The van der Waals surface area contributed by atoms with E-state index in [2.05, 4.69) is 34.0 Å². The molecular weight excluding hydrogens is 328 g/mol. The summed E-state index contributed by atoms with van der Waals surface area (Å²) in [5, 5.41) is 3.41. The van der Waals surface area contributed by atoms with Gasteiger partial charge in [0.05, 0.1) is 20.3 Å². The van der Waals surface area contributed by atoms with Crippen molar-refractivity contribution in [1.29, 1.82) is 0 Å². The molecule has 6 nitrogen and oxygen atoms in total. The minimum atomic E-state index is 0.554. The topological polar surface area (TPSA) is 49.3 Å². The highest BCUT2D eigenvalue weighted by molar-refractivity contribution is 5.79. The molecule has 1 fully saturated rings. The molecule has 1 aliphatic heterocycles. The number of hydrogen-bond acceptors (Lipinski definition) is 4. The molecule has 0 aliphatic carbocycles. The molecule has 146 valence electrons. The number of hydrogen-bond donors (Lipinski definition) is 1. The van der Waals surface area contributed by atoms with Crippen molar-refractivity contribution in [3.05, 3.63) is 29.8 Å². The van der Waals surface area contributed by atoms with Crippen LogP contribution in [0.4, 0.5) is 0 Å². The van der Waals surface area contributed by atoms with E-state index >= 15 is 0 Å². The van der Waals surface area contributed by atoms with Crippen LogP contribution in [-0.4, -0.2) is 75.8 Å². The molecule has 0 radical (unpaired) electrons. The van der Waals surface area contributed by atoms with Crippen LogP contribution in [0.2, 0.25) is 0 Å². The van der Waals surface area contributed by atoms with Gasteiger partial charge in [-0.15, -0.1) is 0 Å². The fraction of sp³-hybridized carbons (Fsp3) is 0.650. The third kappa shape index (κ3) is 6.50. The fourth-order valence-electron chi connectivity index (χ4n) is 3.23. The summed E-state index contributed by atoms with van der Waals surface area (Å²) in [6, 6.07) is 7.95. The van der Waals surface area contributed by atoms with Crippen LogP contribution in [0.1, 0.15) is 19.4 Å². The predicted molar refractivity (Wildman–Crippen MR) is 107 cm³/mol. The number of para-hydroxylation sites is 1. The maximum atomic E-state index is 5.78. The fourth-order valence-corrected chi connectivity index (χ4v) is 3.23. The summed E-state index contributed by atoms with van der Waals surface area (Å²) < 4.78 is 11.1. The average molecular weight is 363 g/mol. The van der Waals surface area contributed by atoms with Crippen molar-refractivity contribution in [2.24, 2.45) is 10.9 Å². The third-order valence-electron chi connectivity index (χ3n) is 4.49. The van der Waals surface area contributed by atoms with Gasteiger partial charge in [-0.3, -0.25) is 9.89 Å². The largest absolute Gasteiger partial charge is 0.496 e. The van der Waals surface area contributed by atoms with E-state index in [9.17, 15) is 0 Å². The lowest BCUT2D eigenvalue weighted by atomic mass is 10.2. The Morgan fingerprint density at radius 1 is 1.19 bits per heavy atom. The summed E-state index contributed by atoms with van der Waals surface area (Å²) in [5.41, 5.74) is 1.07. The van der Waals surface area contributed by atoms with E-state index in [1.165, 1.54) is 6.54 Å². The summed E-state index contributed by atoms with van der Waals surface area (Å²) in [6.45, 7) is 11.9. The van der Waals surface area contributed by atoms with Crippen molar-refractivity contribution in [3.8, 4) is 5.75 Å². The highest BCUT2D eigenvalue weighted by Crippen LogP contribution is 2.17. The van der Waals surface area contributed by atoms with E-state index in [1.807, 2.05) is 31.3 Å². The first-order chi connectivity index (χ1) is 12.6. The van der Waals surface area contributed by atoms with E-state index in [0.29, 0.717) is 13.2 Å². The van der Waals surface area contributed by atoms with Crippen molar-refractivity contribution >= 4 is 5.96 Å². The van der Waals surface area contributed by atoms with Crippen LogP contribution in [0.15, 0.2) is 29.3 Å². The van der Waals surface area contributed by atoms with Gasteiger partial charge in [0.15, 0.2) is 5.96 Å². The van der Waals surface area contributed by atoms with Gasteiger partial charge in [0.25, 0.3) is 0 Å². The van der Waals surface area contributed by atoms with Crippen LogP contribution >= 0.6 is 0 Å². The Labute approximate surface area is 158 Å². The lowest BCUT2D eigenvalue weighted by molar-refractivity contribution is 0.122. The second kappa shape index (κ2) is 11.0. The van der Waals surface area contributed by atoms with Gasteiger partial charge in [-0.2, -0.15) is 0 Å². The summed E-state index contributed by atoms with van der Waals surface area (Å²) in [5.74, 6) is 2.56.